The largest absolute Gasteiger partial charge is 0.350 e. The maximum Gasteiger partial charge on any atom is 0.272 e. The van der Waals surface area contributed by atoms with E-state index in [0.29, 0.717) is 50.4 Å². The molecule has 0 aromatic carbocycles. The Morgan fingerprint density at radius 2 is 2.00 bits per heavy atom. The van der Waals surface area contributed by atoms with E-state index >= 15 is 0 Å². The topological polar surface area (TPSA) is 80.8 Å². The molecular formula is C18H25N3O4. The number of carbonyl (C=O) groups is 2. The molecule has 0 radical (unpaired) electrons. The van der Waals surface area contributed by atoms with E-state index in [1.807, 2.05) is 13.8 Å². The number of piperidine rings is 1. The maximum absolute atomic E-state index is 12.7. The number of carbonyl (C=O) groups excluding carboxylic acids is 2. The van der Waals surface area contributed by atoms with Crippen molar-refractivity contribution in [2.24, 2.45) is 0 Å². The van der Waals surface area contributed by atoms with E-state index in [1.165, 1.54) is 6.20 Å². The van der Waals surface area contributed by atoms with Gasteiger partial charge in [0.1, 0.15) is 5.69 Å². The Kier molecular flexibility index (Phi) is 5.34. The van der Waals surface area contributed by atoms with Crippen LogP contribution in [-0.2, 0) is 9.47 Å². The first-order chi connectivity index (χ1) is 12.0. The van der Waals surface area contributed by atoms with Gasteiger partial charge in [-0.25, -0.2) is 0 Å². The van der Waals surface area contributed by atoms with Crippen molar-refractivity contribution in [1.29, 1.82) is 0 Å². The molecule has 0 bridgehead atoms. The van der Waals surface area contributed by atoms with Crippen LogP contribution in [0.5, 0.6) is 0 Å². The monoisotopic (exact) mass is 347 g/mol. The lowest BCUT2D eigenvalue weighted by Crippen LogP contribution is -2.47. The molecule has 0 aliphatic carbocycles. The average molecular weight is 347 g/mol. The van der Waals surface area contributed by atoms with Gasteiger partial charge in [0, 0.05) is 43.7 Å². The number of nitrogens with one attached hydrogen (secondary N) is 1. The Hall–Kier alpha value is -1.99. The number of likely N-dealkylation sites (tertiary alicyclic amines) is 1. The van der Waals surface area contributed by atoms with Gasteiger partial charge in [0.2, 0.25) is 0 Å². The molecule has 2 fully saturated rings. The second-order valence-corrected chi connectivity index (χ2v) is 6.61. The lowest BCUT2D eigenvalue weighted by atomic mass is 10.0. The summed E-state index contributed by atoms with van der Waals surface area (Å²) in [6.07, 6.45) is 3.68. The molecule has 1 aromatic rings. The standard InChI is InChI=1S/C18H25N3O4/c1-3-13(2)20-16(22)14-4-7-19-15(12-14)17(23)21-8-5-18(6-9-21)24-10-11-25-18/h4,7,12-13H,3,5-6,8-11H2,1-2H3,(H,20,22). The van der Waals surface area contributed by atoms with Crippen molar-refractivity contribution in [2.45, 2.75) is 44.9 Å². The average Bonchev–Trinajstić information content (AvgIpc) is 3.09. The summed E-state index contributed by atoms with van der Waals surface area (Å²) in [6.45, 7) is 6.30. The normalized spacial score (nSPS) is 20.5. The summed E-state index contributed by atoms with van der Waals surface area (Å²) in [4.78, 5) is 30.8. The zero-order valence-corrected chi connectivity index (χ0v) is 14.8. The Labute approximate surface area is 147 Å². The van der Waals surface area contributed by atoms with E-state index in [2.05, 4.69) is 10.3 Å². The number of aromatic nitrogens is 1. The quantitative estimate of drug-likeness (QED) is 0.894. The molecule has 2 amide bonds. The van der Waals surface area contributed by atoms with E-state index in [-0.39, 0.29) is 17.9 Å². The summed E-state index contributed by atoms with van der Waals surface area (Å²) in [5.74, 6) is -0.857. The number of hydrogen-bond acceptors (Lipinski definition) is 5. The highest BCUT2D eigenvalue weighted by Crippen LogP contribution is 2.31. The Morgan fingerprint density at radius 1 is 1.32 bits per heavy atom. The number of rotatable bonds is 4. The van der Waals surface area contributed by atoms with E-state index < -0.39 is 5.79 Å². The highest BCUT2D eigenvalue weighted by molar-refractivity contribution is 5.98. The van der Waals surface area contributed by atoms with Crippen LogP contribution in [0.15, 0.2) is 18.3 Å². The van der Waals surface area contributed by atoms with Gasteiger partial charge in [-0.2, -0.15) is 0 Å². The van der Waals surface area contributed by atoms with Crippen molar-refractivity contribution >= 4 is 11.8 Å². The van der Waals surface area contributed by atoms with E-state index in [1.54, 1.807) is 17.0 Å². The van der Waals surface area contributed by atoms with Crippen molar-refractivity contribution in [2.75, 3.05) is 26.3 Å². The summed E-state index contributed by atoms with van der Waals surface area (Å²) >= 11 is 0. The first-order valence-corrected chi connectivity index (χ1v) is 8.87. The zero-order valence-electron chi connectivity index (χ0n) is 14.8. The fourth-order valence-electron chi connectivity index (χ4n) is 3.10. The van der Waals surface area contributed by atoms with Gasteiger partial charge >= 0.3 is 0 Å². The molecule has 1 N–H and O–H groups in total. The van der Waals surface area contributed by atoms with Gasteiger partial charge in [0.25, 0.3) is 11.8 Å². The molecule has 1 aromatic heterocycles. The SMILES string of the molecule is CCC(C)NC(=O)c1ccnc(C(=O)N2CCC3(CC2)OCCO3)c1. The third-order valence-corrected chi connectivity index (χ3v) is 4.86. The minimum atomic E-state index is -0.512. The van der Waals surface area contributed by atoms with Gasteiger partial charge < -0.3 is 19.7 Å². The molecule has 1 unspecified atom stereocenters. The molecule has 3 rings (SSSR count). The van der Waals surface area contributed by atoms with Crippen LogP contribution in [0.4, 0.5) is 0 Å². The fourth-order valence-corrected chi connectivity index (χ4v) is 3.10. The van der Waals surface area contributed by atoms with Crippen LogP contribution < -0.4 is 5.32 Å². The second-order valence-electron chi connectivity index (χ2n) is 6.61. The molecule has 7 nitrogen and oxygen atoms in total. The minimum Gasteiger partial charge on any atom is -0.350 e. The van der Waals surface area contributed by atoms with Crippen molar-refractivity contribution in [3.63, 3.8) is 0 Å². The highest BCUT2D eigenvalue weighted by atomic mass is 16.7. The molecule has 2 saturated heterocycles. The van der Waals surface area contributed by atoms with Crippen molar-refractivity contribution in [3.05, 3.63) is 29.6 Å². The van der Waals surface area contributed by atoms with Gasteiger partial charge in [-0.05, 0) is 25.5 Å². The molecule has 136 valence electrons. The van der Waals surface area contributed by atoms with Gasteiger partial charge in [-0.15, -0.1) is 0 Å². The molecular weight excluding hydrogens is 322 g/mol. The van der Waals surface area contributed by atoms with Gasteiger partial charge in [0.05, 0.1) is 13.2 Å². The number of amides is 2. The van der Waals surface area contributed by atoms with Crippen molar-refractivity contribution in [1.82, 2.24) is 15.2 Å². The molecule has 7 heteroatoms. The minimum absolute atomic E-state index is 0.0875. The van der Waals surface area contributed by atoms with E-state index in [9.17, 15) is 9.59 Å². The van der Waals surface area contributed by atoms with Crippen LogP contribution in [0.2, 0.25) is 0 Å². The van der Waals surface area contributed by atoms with Crippen LogP contribution in [0.25, 0.3) is 0 Å². The molecule has 1 atom stereocenters. The van der Waals surface area contributed by atoms with Crippen LogP contribution in [-0.4, -0.2) is 59.8 Å². The fraction of sp³-hybridized carbons (Fsp3) is 0.611. The van der Waals surface area contributed by atoms with Gasteiger partial charge in [-0.3, -0.25) is 14.6 Å². The molecule has 25 heavy (non-hydrogen) atoms. The first kappa shape index (κ1) is 17.8. The molecule has 2 aliphatic rings. The summed E-state index contributed by atoms with van der Waals surface area (Å²) in [6, 6.07) is 3.27. The van der Waals surface area contributed by atoms with Gasteiger partial charge in [0.15, 0.2) is 5.79 Å². The smallest absolute Gasteiger partial charge is 0.272 e. The van der Waals surface area contributed by atoms with Crippen molar-refractivity contribution in [3.8, 4) is 0 Å². The van der Waals surface area contributed by atoms with Crippen LogP contribution in [0, 0.1) is 0 Å². The second kappa shape index (κ2) is 7.49. The van der Waals surface area contributed by atoms with Gasteiger partial charge in [-0.1, -0.05) is 6.92 Å². The highest BCUT2D eigenvalue weighted by Gasteiger charge is 2.41. The van der Waals surface area contributed by atoms with Crippen LogP contribution in [0.1, 0.15) is 54.0 Å². The number of pyridine rings is 1. The Bertz CT molecular complexity index is 633. The lowest BCUT2D eigenvalue weighted by molar-refractivity contribution is -0.181. The summed E-state index contributed by atoms with van der Waals surface area (Å²) < 4.78 is 11.4. The summed E-state index contributed by atoms with van der Waals surface area (Å²) in [5, 5.41) is 2.90. The summed E-state index contributed by atoms with van der Waals surface area (Å²) in [7, 11) is 0. The van der Waals surface area contributed by atoms with Crippen LogP contribution in [0.3, 0.4) is 0 Å². The molecule has 3 heterocycles. The number of nitrogens with zero attached hydrogens (tertiary/aromatic N) is 2. The zero-order chi connectivity index (χ0) is 17.9. The molecule has 0 saturated carbocycles. The van der Waals surface area contributed by atoms with E-state index in [4.69, 9.17) is 9.47 Å². The molecule has 1 spiro atoms. The van der Waals surface area contributed by atoms with E-state index in [0.717, 1.165) is 6.42 Å². The molecule has 2 aliphatic heterocycles. The number of ether oxygens (including phenoxy) is 2. The lowest BCUT2D eigenvalue weighted by Gasteiger charge is -2.37. The first-order valence-electron chi connectivity index (χ1n) is 8.87. The Balaban J connectivity index is 1.64. The summed E-state index contributed by atoms with van der Waals surface area (Å²) in [5.41, 5.74) is 0.746. The third-order valence-electron chi connectivity index (χ3n) is 4.86. The Morgan fingerprint density at radius 3 is 2.64 bits per heavy atom. The third kappa shape index (κ3) is 3.99. The predicted molar refractivity (Wildman–Crippen MR) is 91.2 cm³/mol. The number of hydrogen-bond donors (Lipinski definition) is 1. The van der Waals surface area contributed by atoms with Crippen LogP contribution >= 0.6 is 0 Å². The van der Waals surface area contributed by atoms with Crippen molar-refractivity contribution < 1.29 is 19.1 Å². The maximum atomic E-state index is 12.7. The predicted octanol–water partition coefficient (Wildman–Crippen LogP) is 1.59.